The molecular formula is C19H21FN2O5S. The third kappa shape index (κ3) is 4.09. The Hall–Kier alpha value is -2.68. The Morgan fingerprint density at radius 1 is 1.25 bits per heavy atom. The molecule has 1 aliphatic carbocycles. The van der Waals surface area contributed by atoms with Crippen LogP contribution in [0.2, 0.25) is 0 Å². The molecule has 1 N–H and O–H groups in total. The Morgan fingerprint density at radius 2 is 1.93 bits per heavy atom. The number of carbonyl (C=O) groups is 1. The predicted molar refractivity (Wildman–Crippen MR) is 100 cm³/mol. The lowest BCUT2D eigenvalue weighted by molar-refractivity contribution is 0.0338. The zero-order valence-corrected chi connectivity index (χ0v) is 16.6. The molecule has 0 saturated heterocycles. The number of halogens is 1. The maximum absolute atomic E-state index is 13.0. The van der Waals surface area contributed by atoms with Crippen molar-refractivity contribution in [2.75, 3.05) is 0 Å². The van der Waals surface area contributed by atoms with Gasteiger partial charge >= 0.3 is 5.97 Å². The molecule has 0 bridgehead atoms. The molecule has 0 aliphatic heterocycles. The van der Waals surface area contributed by atoms with Gasteiger partial charge in [-0.15, -0.1) is 0 Å². The second-order valence-electron chi connectivity index (χ2n) is 6.77. The van der Waals surface area contributed by atoms with Gasteiger partial charge in [0.1, 0.15) is 11.6 Å². The first-order valence-corrected chi connectivity index (χ1v) is 10.3. The van der Waals surface area contributed by atoms with Crippen LogP contribution < -0.4 is 4.83 Å². The molecule has 9 heteroatoms. The number of esters is 1. The first kappa shape index (κ1) is 20.1. The molecular weight excluding hydrogens is 387 g/mol. The molecule has 0 unspecified atom stereocenters. The lowest BCUT2D eigenvalue weighted by Crippen LogP contribution is -2.22. The Balaban J connectivity index is 1.90. The van der Waals surface area contributed by atoms with Gasteiger partial charge in [0, 0.05) is 17.5 Å². The van der Waals surface area contributed by atoms with Crippen LogP contribution in [0.3, 0.4) is 0 Å². The van der Waals surface area contributed by atoms with Gasteiger partial charge in [-0.05, 0) is 57.9 Å². The van der Waals surface area contributed by atoms with Gasteiger partial charge in [-0.25, -0.2) is 9.18 Å². The largest absolute Gasteiger partial charge is 0.457 e. The van der Waals surface area contributed by atoms with Crippen molar-refractivity contribution in [3.8, 4) is 0 Å². The van der Waals surface area contributed by atoms with Crippen molar-refractivity contribution in [3.63, 3.8) is 0 Å². The Kier molecular flexibility index (Phi) is 5.55. The number of furan rings is 1. The molecule has 0 amide bonds. The molecule has 28 heavy (non-hydrogen) atoms. The van der Waals surface area contributed by atoms with Gasteiger partial charge in [-0.2, -0.15) is 18.4 Å². The molecule has 3 rings (SSSR count). The normalized spacial score (nSPS) is 15.5. The molecule has 0 radical (unpaired) electrons. The van der Waals surface area contributed by atoms with Crippen LogP contribution >= 0.6 is 0 Å². The number of ether oxygens (including phenoxy) is 1. The van der Waals surface area contributed by atoms with E-state index in [2.05, 4.69) is 9.93 Å². The van der Waals surface area contributed by atoms with E-state index in [-0.39, 0.29) is 16.8 Å². The summed E-state index contributed by atoms with van der Waals surface area (Å²) in [6, 6.07) is 4.45. The number of hydrogen-bond donors (Lipinski definition) is 1. The molecule has 1 aliphatic rings. The van der Waals surface area contributed by atoms with Crippen molar-refractivity contribution >= 4 is 21.7 Å². The van der Waals surface area contributed by atoms with E-state index in [0.29, 0.717) is 41.9 Å². The lowest BCUT2D eigenvalue weighted by Gasteiger charge is -2.14. The van der Waals surface area contributed by atoms with Crippen LogP contribution in [0.5, 0.6) is 0 Å². The minimum Gasteiger partial charge on any atom is -0.457 e. The molecule has 7 nitrogen and oxygen atoms in total. The zero-order valence-electron chi connectivity index (χ0n) is 15.8. The second kappa shape index (κ2) is 7.75. The first-order chi connectivity index (χ1) is 13.2. The second-order valence-corrected chi connectivity index (χ2v) is 8.43. The summed E-state index contributed by atoms with van der Waals surface area (Å²) in [6.45, 7) is 5.20. The SMILES string of the molecule is Cc1c(C(=O)OC(C)C)oc2c1/C(=N/NS(=O)(=O)c1ccc(F)cc1)CCC2. The van der Waals surface area contributed by atoms with Crippen molar-refractivity contribution in [2.24, 2.45) is 5.10 Å². The lowest BCUT2D eigenvalue weighted by atomic mass is 9.93. The van der Waals surface area contributed by atoms with Crippen molar-refractivity contribution in [3.05, 3.63) is 52.7 Å². The number of fused-ring (bicyclic) bond motifs is 1. The van der Waals surface area contributed by atoms with Gasteiger partial charge in [-0.1, -0.05) is 0 Å². The van der Waals surface area contributed by atoms with Crippen LogP contribution in [0.1, 0.15) is 54.1 Å². The average molecular weight is 408 g/mol. The van der Waals surface area contributed by atoms with Gasteiger partial charge in [0.15, 0.2) is 0 Å². The summed E-state index contributed by atoms with van der Waals surface area (Å²) < 4.78 is 48.7. The highest BCUT2D eigenvalue weighted by atomic mass is 32.2. The Morgan fingerprint density at radius 3 is 2.57 bits per heavy atom. The van der Waals surface area contributed by atoms with Gasteiger partial charge in [-0.3, -0.25) is 0 Å². The molecule has 1 aromatic heterocycles. The zero-order chi connectivity index (χ0) is 20.5. The van der Waals surface area contributed by atoms with Gasteiger partial charge in [0.05, 0.1) is 16.7 Å². The summed E-state index contributed by atoms with van der Waals surface area (Å²) in [5.41, 5.74) is 1.68. The average Bonchev–Trinajstić information content (AvgIpc) is 2.97. The van der Waals surface area contributed by atoms with Gasteiger partial charge in [0.2, 0.25) is 5.76 Å². The minimum absolute atomic E-state index is 0.0978. The third-order valence-corrected chi connectivity index (χ3v) is 5.50. The highest BCUT2D eigenvalue weighted by Gasteiger charge is 2.29. The fraction of sp³-hybridized carbons (Fsp3) is 0.368. The monoisotopic (exact) mass is 408 g/mol. The fourth-order valence-electron chi connectivity index (χ4n) is 3.02. The van der Waals surface area contributed by atoms with Crippen LogP contribution in [0.15, 0.2) is 38.7 Å². The highest BCUT2D eigenvalue weighted by molar-refractivity contribution is 7.89. The maximum Gasteiger partial charge on any atom is 0.374 e. The highest BCUT2D eigenvalue weighted by Crippen LogP contribution is 2.30. The molecule has 0 spiro atoms. The standard InChI is InChI=1S/C19H21FN2O5S/c1-11(2)26-19(23)18-12(3)17-15(5-4-6-16(17)27-18)21-22-28(24,25)14-9-7-13(20)8-10-14/h7-11,22H,4-6H2,1-3H3/b21-15+. The number of hydrogen-bond acceptors (Lipinski definition) is 6. The number of hydrazone groups is 1. The summed E-state index contributed by atoms with van der Waals surface area (Å²) in [4.78, 5) is 14.3. The minimum atomic E-state index is -3.94. The van der Waals surface area contributed by atoms with E-state index in [9.17, 15) is 17.6 Å². The predicted octanol–water partition coefficient (Wildman–Crippen LogP) is 3.31. The van der Waals surface area contributed by atoms with Gasteiger partial charge < -0.3 is 9.15 Å². The number of nitrogens with one attached hydrogen (secondary N) is 1. The Bertz CT molecular complexity index is 1020. The Labute approximate surface area is 162 Å². The molecule has 2 aromatic rings. The smallest absolute Gasteiger partial charge is 0.374 e. The van der Waals surface area contributed by atoms with E-state index in [0.717, 1.165) is 24.3 Å². The molecule has 0 fully saturated rings. The third-order valence-electron chi connectivity index (χ3n) is 4.28. The van der Waals surface area contributed by atoms with E-state index in [1.54, 1.807) is 20.8 Å². The molecule has 0 atom stereocenters. The van der Waals surface area contributed by atoms with Crippen molar-refractivity contribution in [1.82, 2.24) is 4.83 Å². The van der Waals surface area contributed by atoms with E-state index in [1.165, 1.54) is 0 Å². The number of rotatable bonds is 5. The quantitative estimate of drug-likeness (QED) is 0.605. The van der Waals surface area contributed by atoms with Crippen LogP contribution in [0, 0.1) is 12.7 Å². The van der Waals surface area contributed by atoms with Crippen LogP contribution in [0.4, 0.5) is 4.39 Å². The van der Waals surface area contributed by atoms with E-state index < -0.39 is 21.8 Å². The summed E-state index contributed by atoms with van der Waals surface area (Å²) in [5.74, 6) is -0.404. The topological polar surface area (TPSA) is 98.0 Å². The van der Waals surface area contributed by atoms with E-state index in [1.807, 2.05) is 0 Å². The molecule has 0 saturated carbocycles. The molecule has 1 heterocycles. The fourth-order valence-corrected chi connectivity index (χ4v) is 3.85. The van der Waals surface area contributed by atoms with Crippen LogP contribution in [-0.4, -0.2) is 26.2 Å². The summed E-state index contributed by atoms with van der Waals surface area (Å²) in [6.07, 6.45) is 1.56. The van der Waals surface area contributed by atoms with Gasteiger partial charge in [0.25, 0.3) is 10.0 Å². The number of benzene rings is 1. The number of sulfonamides is 1. The number of aryl methyl sites for hydroxylation is 1. The van der Waals surface area contributed by atoms with E-state index in [4.69, 9.17) is 9.15 Å². The molecule has 1 aromatic carbocycles. The molecule has 150 valence electrons. The summed E-state index contributed by atoms with van der Waals surface area (Å²) in [5, 5.41) is 4.06. The van der Waals surface area contributed by atoms with Crippen molar-refractivity contribution in [1.29, 1.82) is 0 Å². The van der Waals surface area contributed by atoms with Crippen LogP contribution in [-0.2, 0) is 21.2 Å². The number of carbonyl (C=O) groups excluding carboxylic acids is 1. The van der Waals surface area contributed by atoms with E-state index >= 15 is 0 Å². The first-order valence-electron chi connectivity index (χ1n) is 8.86. The van der Waals surface area contributed by atoms with Crippen LogP contribution in [0.25, 0.3) is 0 Å². The summed E-state index contributed by atoms with van der Waals surface area (Å²) >= 11 is 0. The van der Waals surface area contributed by atoms with Crippen molar-refractivity contribution < 1.29 is 26.8 Å². The van der Waals surface area contributed by atoms with Crippen molar-refractivity contribution in [2.45, 2.75) is 51.0 Å². The number of nitrogens with zero attached hydrogens (tertiary/aromatic N) is 1. The maximum atomic E-state index is 13.0. The summed E-state index contributed by atoms with van der Waals surface area (Å²) in [7, 11) is -3.94.